The van der Waals surface area contributed by atoms with Crippen molar-refractivity contribution in [2.45, 2.75) is 13.5 Å². The molecule has 0 spiro atoms. The summed E-state index contributed by atoms with van der Waals surface area (Å²) in [5, 5.41) is 2.88. The summed E-state index contributed by atoms with van der Waals surface area (Å²) in [6, 6.07) is 24.0. The number of hydrogen-bond acceptors (Lipinski definition) is 4. The van der Waals surface area contributed by atoms with Crippen LogP contribution in [-0.4, -0.2) is 36.8 Å². The standard InChI is InChI=1S/C25H26N2O3/c1-3-30-21-15-13-19(14-16-21)17-27(2)18-24(28)26-23-12-8-7-11-22(23)25(29)20-9-5-4-6-10-20/h4-16H,3,17-18H2,1-2H3,(H,26,28). The van der Waals surface area contributed by atoms with E-state index in [-0.39, 0.29) is 18.2 Å². The molecule has 1 amide bonds. The van der Waals surface area contributed by atoms with Gasteiger partial charge in [0.2, 0.25) is 5.91 Å². The minimum absolute atomic E-state index is 0.116. The Balaban J connectivity index is 1.61. The van der Waals surface area contributed by atoms with Gasteiger partial charge in [0.1, 0.15) is 5.75 Å². The molecule has 0 atom stereocenters. The summed E-state index contributed by atoms with van der Waals surface area (Å²) in [7, 11) is 1.89. The Kier molecular flexibility index (Phi) is 7.35. The van der Waals surface area contributed by atoms with Crippen LogP contribution in [0.3, 0.4) is 0 Å². The van der Waals surface area contributed by atoms with E-state index in [4.69, 9.17) is 4.74 Å². The first kappa shape index (κ1) is 21.3. The summed E-state index contributed by atoms with van der Waals surface area (Å²) in [5.74, 6) is 0.548. The first-order chi connectivity index (χ1) is 14.6. The highest BCUT2D eigenvalue weighted by Gasteiger charge is 2.15. The Morgan fingerprint density at radius 1 is 0.900 bits per heavy atom. The third kappa shape index (κ3) is 5.78. The molecule has 30 heavy (non-hydrogen) atoms. The molecule has 1 N–H and O–H groups in total. The number of carbonyl (C=O) groups excluding carboxylic acids is 2. The van der Waals surface area contributed by atoms with Crippen LogP contribution in [0.25, 0.3) is 0 Å². The van der Waals surface area contributed by atoms with Gasteiger partial charge in [-0.2, -0.15) is 0 Å². The van der Waals surface area contributed by atoms with E-state index in [9.17, 15) is 9.59 Å². The van der Waals surface area contributed by atoms with E-state index < -0.39 is 0 Å². The lowest BCUT2D eigenvalue weighted by molar-refractivity contribution is -0.117. The quantitative estimate of drug-likeness (QED) is 0.540. The Bertz CT molecular complexity index is 985. The summed E-state index contributed by atoms with van der Waals surface area (Å²) < 4.78 is 5.45. The number of anilines is 1. The maximum Gasteiger partial charge on any atom is 0.238 e. The topological polar surface area (TPSA) is 58.6 Å². The summed E-state index contributed by atoms with van der Waals surface area (Å²) in [6.07, 6.45) is 0. The van der Waals surface area contributed by atoms with E-state index in [0.717, 1.165) is 11.3 Å². The summed E-state index contributed by atoms with van der Waals surface area (Å²) in [6.45, 7) is 3.42. The smallest absolute Gasteiger partial charge is 0.238 e. The third-order valence-electron chi connectivity index (χ3n) is 4.58. The molecule has 0 fully saturated rings. The van der Waals surface area contributed by atoms with Gasteiger partial charge in [-0.25, -0.2) is 0 Å². The van der Waals surface area contributed by atoms with Crippen LogP contribution in [-0.2, 0) is 11.3 Å². The molecule has 0 saturated heterocycles. The number of amides is 1. The molecular formula is C25H26N2O3. The molecule has 0 heterocycles. The predicted octanol–water partition coefficient (Wildman–Crippen LogP) is 4.39. The lowest BCUT2D eigenvalue weighted by atomic mass is 10.0. The lowest BCUT2D eigenvalue weighted by Gasteiger charge is -2.17. The first-order valence-corrected chi connectivity index (χ1v) is 9.95. The molecule has 3 rings (SSSR count). The van der Waals surface area contributed by atoms with Crippen LogP contribution in [0.4, 0.5) is 5.69 Å². The first-order valence-electron chi connectivity index (χ1n) is 9.95. The molecular weight excluding hydrogens is 376 g/mol. The second-order valence-corrected chi connectivity index (χ2v) is 7.04. The van der Waals surface area contributed by atoms with Crippen LogP contribution in [0.5, 0.6) is 5.75 Å². The van der Waals surface area contributed by atoms with E-state index in [1.807, 2.05) is 61.3 Å². The zero-order valence-corrected chi connectivity index (χ0v) is 17.3. The van der Waals surface area contributed by atoms with Crippen LogP contribution in [0.1, 0.15) is 28.4 Å². The molecule has 0 aliphatic rings. The van der Waals surface area contributed by atoms with Gasteiger partial charge in [0.05, 0.1) is 18.8 Å². The van der Waals surface area contributed by atoms with Crippen molar-refractivity contribution in [3.8, 4) is 5.75 Å². The normalized spacial score (nSPS) is 10.6. The number of nitrogens with one attached hydrogen (secondary N) is 1. The SMILES string of the molecule is CCOc1ccc(CN(C)CC(=O)Nc2ccccc2C(=O)c2ccccc2)cc1. The summed E-state index contributed by atoms with van der Waals surface area (Å²) >= 11 is 0. The maximum atomic E-state index is 12.8. The van der Waals surface area contributed by atoms with Crippen molar-refractivity contribution in [1.29, 1.82) is 0 Å². The highest BCUT2D eigenvalue weighted by molar-refractivity contribution is 6.13. The molecule has 0 aliphatic carbocycles. The van der Waals surface area contributed by atoms with Crippen molar-refractivity contribution < 1.29 is 14.3 Å². The molecule has 0 unspecified atom stereocenters. The molecule has 0 aliphatic heterocycles. The molecule has 3 aromatic rings. The van der Waals surface area contributed by atoms with Gasteiger partial charge in [0, 0.05) is 17.7 Å². The van der Waals surface area contributed by atoms with Crippen molar-refractivity contribution >= 4 is 17.4 Å². The number of rotatable bonds is 9. The monoisotopic (exact) mass is 402 g/mol. The predicted molar refractivity (Wildman–Crippen MR) is 119 cm³/mol. The average Bonchev–Trinajstić information content (AvgIpc) is 2.75. The molecule has 0 bridgehead atoms. The van der Waals surface area contributed by atoms with Gasteiger partial charge in [-0.1, -0.05) is 54.6 Å². The molecule has 0 aromatic heterocycles. The van der Waals surface area contributed by atoms with Crippen molar-refractivity contribution in [1.82, 2.24) is 4.90 Å². The summed E-state index contributed by atoms with van der Waals surface area (Å²) in [4.78, 5) is 27.3. The van der Waals surface area contributed by atoms with Crippen LogP contribution in [0.15, 0.2) is 78.9 Å². The van der Waals surface area contributed by atoms with E-state index in [0.29, 0.717) is 30.0 Å². The van der Waals surface area contributed by atoms with Gasteiger partial charge in [-0.05, 0) is 43.8 Å². The van der Waals surface area contributed by atoms with E-state index in [1.54, 1.807) is 36.4 Å². The van der Waals surface area contributed by atoms with E-state index in [2.05, 4.69) is 5.32 Å². The Hall–Kier alpha value is -3.44. The second-order valence-electron chi connectivity index (χ2n) is 7.04. The van der Waals surface area contributed by atoms with Gasteiger partial charge >= 0.3 is 0 Å². The molecule has 3 aromatic carbocycles. The van der Waals surface area contributed by atoms with Crippen molar-refractivity contribution in [2.75, 3.05) is 25.5 Å². The minimum atomic E-state index is -0.170. The zero-order chi connectivity index (χ0) is 21.3. The highest BCUT2D eigenvalue weighted by Crippen LogP contribution is 2.19. The molecule has 0 radical (unpaired) electrons. The van der Waals surface area contributed by atoms with Gasteiger partial charge in [0.25, 0.3) is 0 Å². The van der Waals surface area contributed by atoms with Gasteiger partial charge in [-0.15, -0.1) is 0 Å². The number of nitrogens with zero attached hydrogens (tertiary/aromatic N) is 1. The van der Waals surface area contributed by atoms with E-state index in [1.165, 1.54) is 0 Å². The Labute approximate surface area is 177 Å². The van der Waals surface area contributed by atoms with E-state index >= 15 is 0 Å². The van der Waals surface area contributed by atoms with Crippen molar-refractivity contribution in [3.05, 3.63) is 95.6 Å². The van der Waals surface area contributed by atoms with Gasteiger partial charge in [0.15, 0.2) is 5.78 Å². The number of ketones is 1. The largest absolute Gasteiger partial charge is 0.494 e. The Morgan fingerprint density at radius 2 is 1.57 bits per heavy atom. The number of hydrogen-bond donors (Lipinski definition) is 1. The zero-order valence-electron chi connectivity index (χ0n) is 17.3. The van der Waals surface area contributed by atoms with Crippen LogP contribution >= 0.6 is 0 Å². The molecule has 5 nitrogen and oxygen atoms in total. The van der Waals surface area contributed by atoms with Crippen molar-refractivity contribution in [3.63, 3.8) is 0 Å². The number of ether oxygens (including phenoxy) is 1. The van der Waals surface area contributed by atoms with Crippen LogP contribution in [0, 0.1) is 0 Å². The number of likely N-dealkylation sites (N-methyl/N-ethyl adjacent to an activating group) is 1. The van der Waals surface area contributed by atoms with Crippen molar-refractivity contribution in [2.24, 2.45) is 0 Å². The molecule has 154 valence electrons. The number of benzene rings is 3. The van der Waals surface area contributed by atoms with Gasteiger partial charge in [-0.3, -0.25) is 14.5 Å². The van der Waals surface area contributed by atoms with Crippen LogP contribution in [0.2, 0.25) is 0 Å². The summed E-state index contributed by atoms with van der Waals surface area (Å²) in [5.41, 5.74) is 2.68. The molecule has 0 saturated carbocycles. The highest BCUT2D eigenvalue weighted by atomic mass is 16.5. The van der Waals surface area contributed by atoms with Crippen LogP contribution < -0.4 is 10.1 Å². The fraction of sp³-hybridized carbons (Fsp3) is 0.200. The number of carbonyl (C=O) groups is 2. The maximum absolute atomic E-state index is 12.8. The average molecular weight is 402 g/mol. The minimum Gasteiger partial charge on any atom is -0.494 e. The lowest BCUT2D eigenvalue weighted by Crippen LogP contribution is -2.30. The second kappa shape index (κ2) is 10.4. The van der Waals surface area contributed by atoms with Gasteiger partial charge < -0.3 is 10.1 Å². The fourth-order valence-corrected chi connectivity index (χ4v) is 3.20. The third-order valence-corrected chi connectivity index (χ3v) is 4.58. The number of para-hydroxylation sites is 1. The Morgan fingerprint density at radius 3 is 2.27 bits per heavy atom. The fourth-order valence-electron chi connectivity index (χ4n) is 3.20. The molecule has 5 heteroatoms.